The summed E-state index contributed by atoms with van der Waals surface area (Å²) in [5.41, 5.74) is 11.5. The van der Waals surface area contributed by atoms with E-state index in [1.54, 1.807) is 36.6 Å². The fraction of sp³-hybridized carbons (Fsp3) is 0.136. The van der Waals surface area contributed by atoms with Crippen molar-refractivity contribution in [2.75, 3.05) is 18.8 Å². The van der Waals surface area contributed by atoms with Gasteiger partial charge in [0.2, 0.25) is 5.54 Å². The zero-order chi connectivity index (χ0) is 27.4. The number of aromatic nitrogens is 4. The van der Waals surface area contributed by atoms with Crippen LogP contribution in [0.3, 0.4) is 0 Å². The van der Waals surface area contributed by atoms with Gasteiger partial charge in [-0.15, -0.1) is 0 Å². The van der Waals surface area contributed by atoms with Crippen LogP contribution in [0.5, 0.6) is 0 Å². The number of rotatable bonds is 9. The molecule has 3 aromatic rings. The predicted octanol–water partition coefficient (Wildman–Crippen LogP) is 2.00. The fourth-order valence-corrected chi connectivity index (χ4v) is 4.58. The van der Waals surface area contributed by atoms with E-state index in [1.807, 2.05) is 0 Å². The summed E-state index contributed by atoms with van der Waals surface area (Å²) in [6, 6.07) is 3.28. The molecule has 198 valence electrons. The highest BCUT2D eigenvalue weighted by Crippen LogP contribution is 2.33. The maximum Gasteiger partial charge on any atom is 0.268 e. The summed E-state index contributed by atoms with van der Waals surface area (Å²) >= 11 is 9.88. The van der Waals surface area contributed by atoms with Gasteiger partial charge >= 0.3 is 0 Å². The highest BCUT2D eigenvalue weighted by Gasteiger charge is 2.45. The molecular weight excluding hydrogens is 692 g/mol. The number of nitrogen functional groups attached to an aromatic ring is 1. The first-order valence-electron chi connectivity index (χ1n) is 10.9. The molecule has 1 aliphatic rings. The smallest absolute Gasteiger partial charge is 0.268 e. The SMILES string of the molecule is NC1=N[C@](/C=C/CNC(=O)c2cc(Br)c(Br)[nH]2)(c2[nH]c(N)nc2/C=C/CNC(=O)c2cc(Br)c[nH]2)C(=O)N1. The Bertz CT molecular complexity index is 1470. The second-order valence-electron chi connectivity index (χ2n) is 7.90. The molecule has 0 fully saturated rings. The van der Waals surface area contributed by atoms with Crippen molar-refractivity contribution >= 4 is 83.5 Å². The van der Waals surface area contributed by atoms with Gasteiger partial charge in [0.05, 0.1) is 20.5 Å². The number of carbonyl (C=O) groups excluding carboxylic acids is 3. The molecule has 0 saturated carbocycles. The first-order chi connectivity index (χ1) is 18.1. The van der Waals surface area contributed by atoms with Gasteiger partial charge in [0.25, 0.3) is 17.7 Å². The highest BCUT2D eigenvalue weighted by molar-refractivity contribution is 9.13. The molecule has 3 aromatic heterocycles. The topological polar surface area (TPSA) is 212 Å². The number of H-pyrrole nitrogens is 3. The Morgan fingerprint density at radius 2 is 1.74 bits per heavy atom. The molecule has 16 heteroatoms. The van der Waals surface area contributed by atoms with Gasteiger partial charge in [-0.1, -0.05) is 12.2 Å². The number of nitrogens with two attached hydrogens (primary N) is 2. The van der Waals surface area contributed by atoms with Crippen molar-refractivity contribution < 1.29 is 14.4 Å². The van der Waals surface area contributed by atoms with E-state index in [1.165, 1.54) is 6.08 Å². The van der Waals surface area contributed by atoms with Crippen LogP contribution < -0.4 is 27.4 Å². The molecule has 0 radical (unpaired) electrons. The molecular formula is C22H21Br3N10O3. The van der Waals surface area contributed by atoms with Gasteiger partial charge < -0.3 is 37.1 Å². The lowest BCUT2D eigenvalue weighted by Crippen LogP contribution is -2.38. The van der Waals surface area contributed by atoms with Crippen molar-refractivity contribution in [1.29, 1.82) is 0 Å². The molecule has 1 atom stereocenters. The number of hydrogen-bond donors (Lipinski definition) is 8. The Balaban J connectivity index is 1.49. The van der Waals surface area contributed by atoms with E-state index in [4.69, 9.17) is 11.5 Å². The van der Waals surface area contributed by atoms with Gasteiger partial charge in [-0.3, -0.25) is 19.7 Å². The van der Waals surface area contributed by atoms with E-state index in [-0.39, 0.29) is 42.5 Å². The van der Waals surface area contributed by atoms with Crippen LogP contribution in [-0.4, -0.2) is 56.7 Å². The number of aromatic amines is 3. The minimum absolute atomic E-state index is 0.0531. The van der Waals surface area contributed by atoms with Crippen molar-refractivity contribution in [3.8, 4) is 0 Å². The van der Waals surface area contributed by atoms with E-state index in [0.717, 1.165) is 4.47 Å². The first kappa shape index (κ1) is 27.4. The van der Waals surface area contributed by atoms with Crippen LogP contribution in [0.1, 0.15) is 32.4 Å². The Kier molecular flexibility index (Phi) is 8.23. The average molecular weight is 713 g/mol. The van der Waals surface area contributed by atoms with Gasteiger partial charge in [0, 0.05) is 23.8 Å². The number of nitrogens with zero attached hydrogens (tertiary/aromatic N) is 2. The Labute approximate surface area is 240 Å². The third kappa shape index (κ3) is 5.92. The number of guanidine groups is 1. The van der Waals surface area contributed by atoms with Crippen LogP contribution in [0.15, 0.2) is 55.1 Å². The van der Waals surface area contributed by atoms with Gasteiger partial charge in [0.15, 0.2) is 11.9 Å². The Morgan fingerprint density at radius 3 is 2.34 bits per heavy atom. The normalized spacial score (nSPS) is 17.2. The summed E-state index contributed by atoms with van der Waals surface area (Å²) in [7, 11) is 0. The number of carbonyl (C=O) groups is 3. The lowest BCUT2D eigenvalue weighted by Gasteiger charge is -2.18. The molecule has 0 saturated heterocycles. The molecule has 0 unspecified atom stereocenters. The van der Waals surface area contributed by atoms with Crippen LogP contribution in [0.25, 0.3) is 6.08 Å². The third-order valence-electron chi connectivity index (χ3n) is 5.27. The second-order valence-corrected chi connectivity index (χ2v) is 10.5. The van der Waals surface area contributed by atoms with E-state index >= 15 is 0 Å². The van der Waals surface area contributed by atoms with Crippen LogP contribution >= 0.6 is 47.8 Å². The zero-order valence-electron chi connectivity index (χ0n) is 19.4. The predicted molar refractivity (Wildman–Crippen MR) is 152 cm³/mol. The third-order valence-corrected chi connectivity index (χ3v) is 7.51. The number of aliphatic imine (C=N–C) groups is 1. The van der Waals surface area contributed by atoms with E-state index in [0.29, 0.717) is 26.2 Å². The van der Waals surface area contributed by atoms with Crippen molar-refractivity contribution in [3.63, 3.8) is 0 Å². The number of halogens is 3. The van der Waals surface area contributed by atoms with Crippen LogP contribution in [0.2, 0.25) is 0 Å². The molecule has 0 spiro atoms. The number of anilines is 1. The highest BCUT2D eigenvalue weighted by atomic mass is 79.9. The molecule has 4 rings (SSSR count). The number of imidazole rings is 1. The number of nitrogens with one attached hydrogen (secondary N) is 6. The summed E-state index contributed by atoms with van der Waals surface area (Å²) in [5.74, 6) is -1.21. The van der Waals surface area contributed by atoms with Gasteiger partial charge in [-0.05, 0) is 72.1 Å². The molecule has 3 amide bonds. The Hall–Kier alpha value is -3.63. The largest absolute Gasteiger partial charge is 0.370 e. The van der Waals surface area contributed by atoms with Gasteiger partial charge in [-0.25, -0.2) is 9.98 Å². The molecule has 4 heterocycles. The van der Waals surface area contributed by atoms with E-state index < -0.39 is 11.4 Å². The zero-order valence-corrected chi connectivity index (χ0v) is 24.1. The number of hydrogen-bond acceptors (Lipinski definition) is 7. The minimum atomic E-state index is -1.60. The molecule has 0 aliphatic carbocycles. The second kappa shape index (κ2) is 11.4. The standard InChI is InChI=1S/C22H21Br3N10O3/c23-10-7-13(30-9-10)17(36)28-5-1-3-12-15(33-20(26)32-12)22(19(38)34-21(27)35-22)4-2-6-29-18(37)14-8-11(24)16(25)31-14/h1-4,7-9,30-31H,5-6H2,(H,28,36)(H,29,37)(H3,26,32,33)(H3,27,34,35,38)/b3-1+,4-2+/t22-/m1/s1. The summed E-state index contributed by atoms with van der Waals surface area (Å²) in [6.45, 7) is 0.270. The van der Waals surface area contributed by atoms with Crippen LogP contribution in [-0.2, 0) is 10.3 Å². The lowest BCUT2D eigenvalue weighted by molar-refractivity contribution is -0.122. The lowest BCUT2D eigenvalue weighted by atomic mass is 9.93. The van der Waals surface area contributed by atoms with E-state index in [2.05, 4.69) is 88.7 Å². The molecule has 0 aromatic carbocycles. The average Bonchev–Trinajstić information content (AvgIpc) is 3.62. The Morgan fingerprint density at radius 1 is 1.03 bits per heavy atom. The van der Waals surface area contributed by atoms with Gasteiger partial charge in [-0.2, -0.15) is 0 Å². The summed E-state index contributed by atoms with van der Waals surface area (Å²) in [6.07, 6.45) is 7.98. The molecule has 1 aliphatic heterocycles. The summed E-state index contributed by atoms with van der Waals surface area (Å²) in [4.78, 5) is 54.8. The summed E-state index contributed by atoms with van der Waals surface area (Å²) < 4.78 is 2.10. The maximum atomic E-state index is 13.0. The first-order valence-corrected chi connectivity index (χ1v) is 13.3. The van der Waals surface area contributed by atoms with Crippen molar-refractivity contribution in [3.05, 3.63) is 72.9 Å². The van der Waals surface area contributed by atoms with Crippen LogP contribution in [0.4, 0.5) is 5.95 Å². The van der Waals surface area contributed by atoms with Crippen LogP contribution in [0, 0.1) is 0 Å². The number of amides is 3. The molecule has 0 bridgehead atoms. The molecule has 13 nitrogen and oxygen atoms in total. The van der Waals surface area contributed by atoms with Crippen molar-refractivity contribution in [2.24, 2.45) is 10.7 Å². The summed E-state index contributed by atoms with van der Waals surface area (Å²) in [5, 5.41) is 7.95. The van der Waals surface area contributed by atoms with Crippen molar-refractivity contribution in [1.82, 2.24) is 35.9 Å². The fourth-order valence-electron chi connectivity index (χ4n) is 3.58. The van der Waals surface area contributed by atoms with Crippen molar-refractivity contribution in [2.45, 2.75) is 5.54 Å². The maximum absolute atomic E-state index is 13.0. The molecule has 10 N–H and O–H groups in total. The monoisotopic (exact) mass is 710 g/mol. The minimum Gasteiger partial charge on any atom is -0.370 e. The van der Waals surface area contributed by atoms with E-state index in [9.17, 15) is 14.4 Å². The quantitative estimate of drug-likeness (QED) is 0.155. The molecule has 38 heavy (non-hydrogen) atoms. The van der Waals surface area contributed by atoms with Gasteiger partial charge in [0.1, 0.15) is 11.4 Å².